The van der Waals surface area contributed by atoms with Crippen LogP contribution >= 0.6 is 0 Å². The molecule has 0 spiro atoms. The molecule has 0 radical (unpaired) electrons. The highest BCUT2D eigenvalue weighted by Crippen LogP contribution is 2.21. The highest BCUT2D eigenvalue weighted by atomic mass is 14.8. The van der Waals surface area contributed by atoms with Crippen molar-refractivity contribution in [3.05, 3.63) is 0 Å². The van der Waals surface area contributed by atoms with Crippen LogP contribution in [0.25, 0.3) is 0 Å². The van der Waals surface area contributed by atoms with E-state index in [1.165, 1.54) is 38.6 Å². The lowest BCUT2D eigenvalue weighted by Crippen LogP contribution is -2.15. The Morgan fingerprint density at radius 1 is 1.15 bits per heavy atom. The Labute approximate surface area is 84.3 Å². The number of rotatable bonds is 8. The van der Waals surface area contributed by atoms with Crippen LogP contribution < -0.4 is 5.32 Å². The highest BCUT2D eigenvalue weighted by molar-refractivity contribution is 4.63. The lowest BCUT2D eigenvalue weighted by molar-refractivity contribution is 0.340. The van der Waals surface area contributed by atoms with E-state index in [1.54, 1.807) is 0 Å². The van der Waals surface area contributed by atoms with Gasteiger partial charge in [-0.2, -0.15) is 0 Å². The van der Waals surface area contributed by atoms with Crippen molar-refractivity contribution in [1.29, 1.82) is 0 Å². The fraction of sp³-hybridized carbons (Fsp3) is 1.00. The van der Waals surface area contributed by atoms with Gasteiger partial charge in [0.1, 0.15) is 0 Å². The molecule has 0 aromatic heterocycles. The summed E-state index contributed by atoms with van der Waals surface area (Å²) in [6.45, 7) is 8.15. The van der Waals surface area contributed by atoms with E-state index < -0.39 is 0 Å². The predicted molar refractivity (Wildman–Crippen MR) is 61.0 cm³/mol. The van der Waals surface area contributed by atoms with Gasteiger partial charge in [0, 0.05) is 0 Å². The molecule has 0 aromatic rings. The average Bonchev–Trinajstić information content (AvgIpc) is 2.14. The normalized spacial score (nSPS) is 15.7. The van der Waals surface area contributed by atoms with Crippen LogP contribution in [0.2, 0.25) is 0 Å². The van der Waals surface area contributed by atoms with E-state index >= 15 is 0 Å². The van der Waals surface area contributed by atoms with E-state index in [1.807, 2.05) is 7.05 Å². The van der Waals surface area contributed by atoms with Crippen molar-refractivity contribution in [2.45, 2.75) is 52.9 Å². The average molecular weight is 185 g/mol. The zero-order valence-corrected chi connectivity index (χ0v) is 9.90. The number of nitrogens with one attached hydrogen (secondary N) is 1. The molecule has 0 rings (SSSR count). The maximum absolute atomic E-state index is 3.25. The van der Waals surface area contributed by atoms with Gasteiger partial charge in [0.05, 0.1) is 0 Å². The molecule has 0 saturated heterocycles. The molecular weight excluding hydrogens is 158 g/mol. The summed E-state index contributed by atoms with van der Waals surface area (Å²) < 4.78 is 0. The Morgan fingerprint density at radius 2 is 1.85 bits per heavy atom. The standard InChI is InChI=1S/C12H27N/c1-5-7-12(8-9-13-4)10-11(3)6-2/h11-13H,5-10H2,1-4H3. The van der Waals surface area contributed by atoms with Crippen molar-refractivity contribution in [3.63, 3.8) is 0 Å². The maximum Gasteiger partial charge on any atom is -0.00493 e. The molecule has 0 aliphatic rings. The van der Waals surface area contributed by atoms with Crippen molar-refractivity contribution in [3.8, 4) is 0 Å². The van der Waals surface area contributed by atoms with Crippen LogP contribution in [0.1, 0.15) is 52.9 Å². The SMILES string of the molecule is CCCC(CCNC)CC(C)CC. The lowest BCUT2D eigenvalue weighted by atomic mass is 9.88. The summed E-state index contributed by atoms with van der Waals surface area (Å²) in [5.41, 5.74) is 0. The van der Waals surface area contributed by atoms with Gasteiger partial charge in [-0.05, 0) is 38.3 Å². The Bertz CT molecular complexity index is 101. The number of hydrogen-bond acceptors (Lipinski definition) is 1. The summed E-state index contributed by atoms with van der Waals surface area (Å²) in [6, 6.07) is 0. The molecule has 1 nitrogen and oxygen atoms in total. The third kappa shape index (κ3) is 7.06. The van der Waals surface area contributed by atoms with Crippen molar-refractivity contribution in [2.24, 2.45) is 11.8 Å². The molecule has 13 heavy (non-hydrogen) atoms. The topological polar surface area (TPSA) is 12.0 Å². The third-order valence-electron chi connectivity index (χ3n) is 2.93. The summed E-state index contributed by atoms with van der Waals surface area (Å²) in [6.07, 6.45) is 6.86. The van der Waals surface area contributed by atoms with Gasteiger partial charge in [-0.25, -0.2) is 0 Å². The summed E-state index contributed by atoms with van der Waals surface area (Å²) in [4.78, 5) is 0. The summed E-state index contributed by atoms with van der Waals surface area (Å²) in [7, 11) is 2.05. The van der Waals surface area contributed by atoms with Crippen LogP contribution in [-0.2, 0) is 0 Å². The van der Waals surface area contributed by atoms with Crippen LogP contribution in [0.5, 0.6) is 0 Å². The van der Waals surface area contributed by atoms with E-state index in [4.69, 9.17) is 0 Å². The molecule has 1 heteroatoms. The Morgan fingerprint density at radius 3 is 2.31 bits per heavy atom. The molecule has 2 unspecified atom stereocenters. The van der Waals surface area contributed by atoms with Gasteiger partial charge in [-0.15, -0.1) is 0 Å². The van der Waals surface area contributed by atoms with E-state index in [0.29, 0.717) is 0 Å². The Kier molecular flexibility index (Phi) is 8.53. The second-order valence-electron chi connectivity index (χ2n) is 4.30. The minimum Gasteiger partial charge on any atom is -0.320 e. The Hall–Kier alpha value is -0.0400. The van der Waals surface area contributed by atoms with Gasteiger partial charge in [0.2, 0.25) is 0 Å². The quantitative estimate of drug-likeness (QED) is 0.611. The molecule has 0 bridgehead atoms. The van der Waals surface area contributed by atoms with Crippen molar-refractivity contribution >= 4 is 0 Å². The van der Waals surface area contributed by atoms with E-state index in [-0.39, 0.29) is 0 Å². The highest BCUT2D eigenvalue weighted by Gasteiger charge is 2.10. The lowest BCUT2D eigenvalue weighted by Gasteiger charge is -2.19. The molecular formula is C12H27N. The van der Waals surface area contributed by atoms with Gasteiger partial charge < -0.3 is 5.32 Å². The van der Waals surface area contributed by atoms with Crippen molar-refractivity contribution in [2.75, 3.05) is 13.6 Å². The molecule has 0 aliphatic heterocycles. The molecule has 0 fully saturated rings. The van der Waals surface area contributed by atoms with Gasteiger partial charge in [0.25, 0.3) is 0 Å². The second kappa shape index (κ2) is 8.55. The second-order valence-corrected chi connectivity index (χ2v) is 4.30. The summed E-state index contributed by atoms with van der Waals surface area (Å²) in [5.74, 6) is 1.86. The molecule has 80 valence electrons. The molecule has 0 heterocycles. The predicted octanol–water partition coefficient (Wildman–Crippen LogP) is 3.45. The monoisotopic (exact) mass is 185 g/mol. The minimum absolute atomic E-state index is 0.911. The first-order chi connectivity index (χ1) is 6.24. The van der Waals surface area contributed by atoms with E-state index in [9.17, 15) is 0 Å². The molecule has 0 aromatic carbocycles. The van der Waals surface area contributed by atoms with Crippen LogP contribution in [0.15, 0.2) is 0 Å². The zero-order chi connectivity index (χ0) is 10.1. The van der Waals surface area contributed by atoms with Gasteiger partial charge >= 0.3 is 0 Å². The third-order valence-corrected chi connectivity index (χ3v) is 2.93. The van der Waals surface area contributed by atoms with Crippen LogP contribution in [0.4, 0.5) is 0 Å². The molecule has 2 atom stereocenters. The number of hydrogen-bond donors (Lipinski definition) is 1. The van der Waals surface area contributed by atoms with Gasteiger partial charge in [0.15, 0.2) is 0 Å². The fourth-order valence-corrected chi connectivity index (χ4v) is 1.87. The first-order valence-corrected chi connectivity index (χ1v) is 5.89. The van der Waals surface area contributed by atoms with Crippen LogP contribution in [0.3, 0.4) is 0 Å². The Balaban J connectivity index is 3.65. The summed E-state index contributed by atoms with van der Waals surface area (Å²) >= 11 is 0. The van der Waals surface area contributed by atoms with Crippen LogP contribution in [-0.4, -0.2) is 13.6 Å². The van der Waals surface area contributed by atoms with Crippen LogP contribution in [0, 0.1) is 11.8 Å². The van der Waals surface area contributed by atoms with Gasteiger partial charge in [-0.3, -0.25) is 0 Å². The molecule has 0 amide bonds. The van der Waals surface area contributed by atoms with Crippen molar-refractivity contribution in [1.82, 2.24) is 5.32 Å². The van der Waals surface area contributed by atoms with E-state index in [0.717, 1.165) is 11.8 Å². The summed E-state index contributed by atoms with van der Waals surface area (Å²) in [5, 5.41) is 3.25. The first-order valence-electron chi connectivity index (χ1n) is 5.89. The minimum atomic E-state index is 0.911. The van der Waals surface area contributed by atoms with E-state index in [2.05, 4.69) is 26.1 Å². The molecule has 0 aliphatic carbocycles. The van der Waals surface area contributed by atoms with Crippen molar-refractivity contribution < 1.29 is 0 Å². The largest absolute Gasteiger partial charge is 0.320 e. The first kappa shape index (κ1) is 13.0. The molecule has 0 saturated carbocycles. The smallest absolute Gasteiger partial charge is 0.00493 e. The zero-order valence-electron chi connectivity index (χ0n) is 9.90. The fourth-order valence-electron chi connectivity index (χ4n) is 1.87. The maximum atomic E-state index is 3.25. The van der Waals surface area contributed by atoms with Gasteiger partial charge in [-0.1, -0.05) is 40.0 Å². The molecule has 1 N–H and O–H groups in total.